The smallest absolute Gasteiger partial charge is 0.390 e. The van der Waals surface area contributed by atoms with E-state index in [1.807, 2.05) is 0 Å². The maximum atomic E-state index is 10.8. The molecule has 9 nitrogen and oxygen atoms in total. The fraction of sp³-hybridized carbons (Fsp3) is 0.111. The number of benzene rings is 1. The molecule has 0 aliphatic heterocycles. The van der Waals surface area contributed by atoms with Crippen LogP contribution in [0, 0.1) is 20.2 Å². The third kappa shape index (κ3) is 2.29. The molecule has 0 amide bonds. The first-order valence-corrected chi connectivity index (χ1v) is 4.84. The van der Waals surface area contributed by atoms with Crippen molar-refractivity contribution in [3.63, 3.8) is 0 Å². The van der Waals surface area contributed by atoms with Crippen molar-refractivity contribution in [3.05, 3.63) is 56.4 Å². The summed E-state index contributed by atoms with van der Waals surface area (Å²) < 4.78 is 1.18. The molecule has 1 aromatic carbocycles. The van der Waals surface area contributed by atoms with E-state index in [1.165, 1.54) is 10.7 Å². The Balaban J connectivity index is 2.28. The summed E-state index contributed by atoms with van der Waals surface area (Å²) in [5, 5.41) is 24.8. The third-order valence-electron chi connectivity index (χ3n) is 2.21. The highest BCUT2D eigenvalue weighted by atomic mass is 16.6. The number of hydrogen-bond donors (Lipinski definition) is 0. The average molecular weight is 249 g/mol. The fourth-order valence-electron chi connectivity index (χ4n) is 1.44. The minimum absolute atomic E-state index is 0.0536. The molecule has 9 heteroatoms. The highest BCUT2D eigenvalue weighted by Crippen LogP contribution is 2.18. The summed E-state index contributed by atoms with van der Waals surface area (Å²) in [7, 11) is 0. The Morgan fingerprint density at radius 1 is 1.17 bits per heavy atom. The van der Waals surface area contributed by atoms with Crippen LogP contribution < -0.4 is 0 Å². The molecule has 18 heavy (non-hydrogen) atoms. The molecule has 0 bridgehead atoms. The Bertz CT molecular complexity index is 609. The molecule has 1 heterocycles. The molecule has 2 aromatic rings. The van der Waals surface area contributed by atoms with Crippen LogP contribution in [-0.2, 0) is 6.54 Å². The van der Waals surface area contributed by atoms with Crippen molar-refractivity contribution in [2.75, 3.05) is 0 Å². The zero-order chi connectivity index (χ0) is 13.1. The topological polar surface area (TPSA) is 117 Å². The van der Waals surface area contributed by atoms with Gasteiger partial charge in [-0.2, -0.15) is 4.68 Å². The Morgan fingerprint density at radius 2 is 1.89 bits per heavy atom. The maximum Gasteiger partial charge on any atom is 0.490 e. The van der Waals surface area contributed by atoms with Gasteiger partial charge in [0.15, 0.2) is 0 Å². The number of nitrogens with zero attached hydrogens (tertiary/aromatic N) is 5. The van der Waals surface area contributed by atoms with Crippen LogP contribution in [0.3, 0.4) is 0 Å². The van der Waals surface area contributed by atoms with Gasteiger partial charge in [-0.3, -0.25) is 10.1 Å². The molecule has 0 aliphatic rings. The monoisotopic (exact) mass is 249 g/mol. The quantitative estimate of drug-likeness (QED) is 0.592. The lowest BCUT2D eigenvalue weighted by Gasteiger charge is -1.99. The van der Waals surface area contributed by atoms with Crippen molar-refractivity contribution in [1.29, 1.82) is 0 Å². The molecule has 0 atom stereocenters. The summed E-state index contributed by atoms with van der Waals surface area (Å²) >= 11 is 0. The molecule has 2 rings (SSSR count). The molecule has 0 radical (unpaired) electrons. The van der Waals surface area contributed by atoms with Crippen LogP contribution in [0.4, 0.5) is 11.6 Å². The predicted octanol–water partition coefficient (Wildman–Crippen LogP) is 1.14. The van der Waals surface area contributed by atoms with Crippen LogP contribution in [-0.4, -0.2) is 24.6 Å². The van der Waals surface area contributed by atoms with E-state index in [1.54, 1.807) is 18.2 Å². The molecule has 0 aliphatic carbocycles. The van der Waals surface area contributed by atoms with Crippen molar-refractivity contribution >= 4 is 11.6 Å². The standard InChI is InChI=1S/C9H7N5O4/c15-13(16)8-4-2-1-3-7(8)5-12-6-10-9(11-12)14(17)18/h1-4,6H,5H2. The number of nitro benzene ring substituents is 1. The number of nitro groups is 2. The van der Waals surface area contributed by atoms with Gasteiger partial charge >= 0.3 is 5.95 Å². The van der Waals surface area contributed by atoms with Crippen molar-refractivity contribution in [2.45, 2.75) is 6.54 Å². The Labute approximate surface area is 100.0 Å². The van der Waals surface area contributed by atoms with Crippen molar-refractivity contribution in [2.24, 2.45) is 0 Å². The molecule has 0 fully saturated rings. The van der Waals surface area contributed by atoms with Crippen molar-refractivity contribution in [1.82, 2.24) is 14.8 Å². The molecular formula is C9H7N5O4. The van der Waals surface area contributed by atoms with E-state index in [9.17, 15) is 20.2 Å². The van der Waals surface area contributed by atoms with Crippen LogP contribution in [0.1, 0.15) is 5.56 Å². The van der Waals surface area contributed by atoms with Gasteiger partial charge in [-0.1, -0.05) is 23.2 Å². The van der Waals surface area contributed by atoms with Gasteiger partial charge in [0, 0.05) is 11.2 Å². The van der Waals surface area contributed by atoms with Crippen LogP contribution in [0.15, 0.2) is 30.6 Å². The van der Waals surface area contributed by atoms with Gasteiger partial charge in [0.05, 0.1) is 17.0 Å². The maximum absolute atomic E-state index is 10.8. The second-order valence-electron chi connectivity index (χ2n) is 3.39. The van der Waals surface area contributed by atoms with Crippen LogP contribution in [0.25, 0.3) is 0 Å². The van der Waals surface area contributed by atoms with Crippen molar-refractivity contribution < 1.29 is 9.85 Å². The Hall–Kier alpha value is -2.84. The lowest BCUT2D eigenvalue weighted by Crippen LogP contribution is -2.04. The molecule has 0 unspecified atom stereocenters. The first-order chi connectivity index (χ1) is 8.58. The first kappa shape index (κ1) is 11.6. The average Bonchev–Trinajstić information content (AvgIpc) is 2.78. The zero-order valence-corrected chi connectivity index (χ0v) is 8.96. The van der Waals surface area contributed by atoms with Crippen LogP contribution >= 0.6 is 0 Å². The highest BCUT2D eigenvalue weighted by Gasteiger charge is 2.17. The van der Waals surface area contributed by atoms with E-state index in [4.69, 9.17) is 0 Å². The molecular weight excluding hydrogens is 242 g/mol. The van der Waals surface area contributed by atoms with Gasteiger partial charge in [-0.15, -0.1) is 0 Å². The van der Waals surface area contributed by atoms with E-state index < -0.39 is 15.8 Å². The van der Waals surface area contributed by atoms with Gasteiger partial charge in [-0.05, 0) is 4.92 Å². The summed E-state index contributed by atoms with van der Waals surface area (Å²) in [6.07, 6.45) is 1.16. The Morgan fingerprint density at radius 3 is 2.50 bits per heavy atom. The minimum atomic E-state index is -0.726. The summed E-state index contributed by atoms with van der Waals surface area (Å²) in [4.78, 5) is 23.4. The predicted molar refractivity (Wildman–Crippen MR) is 58.9 cm³/mol. The van der Waals surface area contributed by atoms with Gasteiger partial charge in [0.1, 0.15) is 0 Å². The van der Waals surface area contributed by atoms with E-state index in [0.717, 1.165) is 6.33 Å². The van der Waals surface area contributed by atoms with Gasteiger partial charge in [0.2, 0.25) is 6.33 Å². The SMILES string of the molecule is O=[N+]([O-])c1ncn(Cc2ccccc2[N+](=O)[O-])n1. The zero-order valence-electron chi connectivity index (χ0n) is 8.96. The van der Waals surface area contributed by atoms with Crippen LogP contribution in [0.5, 0.6) is 0 Å². The third-order valence-corrected chi connectivity index (χ3v) is 2.21. The second kappa shape index (κ2) is 4.57. The van der Waals surface area contributed by atoms with E-state index in [2.05, 4.69) is 10.1 Å². The number of para-hydroxylation sites is 1. The number of aromatic nitrogens is 3. The largest absolute Gasteiger partial charge is 0.490 e. The minimum Gasteiger partial charge on any atom is -0.390 e. The summed E-state index contributed by atoms with van der Waals surface area (Å²) in [6.45, 7) is 0.0536. The lowest BCUT2D eigenvalue weighted by atomic mass is 10.2. The lowest BCUT2D eigenvalue weighted by molar-refractivity contribution is -0.394. The van der Waals surface area contributed by atoms with E-state index >= 15 is 0 Å². The first-order valence-electron chi connectivity index (χ1n) is 4.84. The van der Waals surface area contributed by atoms with Crippen molar-refractivity contribution in [3.8, 4) is 0 Å². The molecule has 0 saturated heterocycles. The molecule has 0 saturated carbocycles. The summed E-state index contributed by atoms with van der Waals surface area (Å²) in [6, 6.07) is 6.12. The van der Waals surface area contributed by atoms with Gasteiger partial charge in [-0.25, -0.2) is 0 Å². The summed E-state index contributed by atoms with van der Waals surface area (Å²) in [5.41, 5.74) is 0.345. The molecule has 0 N–H and O–H groups in total. The highest BCUT2D eigenvalue weighted by molar-refractivity contribution is 5.39. The van der Waals surface area contributed by atoms with E-state index in [-0.39, 0.29) is 12.2 Å². The van der Waals surface area contributed by atoms with E-state index in [0.29, 0.717) is 5.56 Å². The normalized spacial score (nSPS) is 10.2. The second-order valence-corrected chi connectivity index (χ2v) is 3.39. The fourth-order valence-corrected chi connectivity index (χ4v) is 1.44. The number of rotatable bonds is 4. The van der Waals surface area contributed by atoms with Crippen LogP contribution in [0.2, 0.25) is 0 Å². The number of hydrogen-bond acceptors (Lipinski definition) is 6. The molecule has 0 spiro atoms. The van der Waals surface area contributed by atoms with Gasteiger partial charge in [0.25, 0.3) is 5.69 Å². The molecule has 92 valence electrons. The Kier molecular flexibility index (Phi) is 2.96. The van der Waals surface area contributed by atoms with Gasteiger partial charge < -0.3 is 10.1 Å². The molecule has 1 aromatic heterocycles. The summed E-state index contributed by atoms with van der Waals surface area (Å²) in [5.74, 6) is -0.534.